The number of ether oxygens (including phenoxy) is 3. The summed E-state index contributed by atoms with van der Waals surface area (Å²) >= 11 is 0. The van der Waals surface area contributed by atoms with Gasteiger partial charge in [-0.1, -0.05) is 6.07 Å². The Hall–Kier alpha value is -3.88. The Balaban J connectivity index is 1.95. The van der Waals surface area contributed by atoms with E-state index in [9.17, 15) is 9.59 Å². The number of amides is 3. The molecule has 1 aromatic heterocycles. The minimum atomic E-state index is -0.688. The molecule has 0 spiro atoms. The molecule has 3 rings (SSSR count). The van der Waals surface area contributed by atoms with Crippen molar-refractivity contribution < 1.29 is 23.8 Å². The third-order valence-corrected chi connectivity index (χ3v) is 4.07. The maximum atomic E-state index is 12.7. The standard InChI is InChI=1S/C19H20N4O5/c1-26-14-9-15(27-2)17(28-3)16-12(14)8-13(23-16)18(24)21-10-5-4-6-11(7-10)22-19(20)25/h4-9,23H,1-3H3,(H,21,24)(H3,20,22,25). The van der Waals surface area contributed by atoms with E-state index < -0.39 is 6.03 Å². The largest absolute Gasteiger partial charge is 0.496 e. The normalized spacial score (nSPS) is 10.4. The van der Waals surface area contributed by atoms with Crippen molar-refractivity contribution in [1.82, 2.24) is 4.98 Å². The van der Waals surface area contributed by atoms with Crippen LogP contribution in [-0.2, 0) is 0 Å². The van der Waals surface area contributed by atoms with Gasteiger partial charge in [-0.25, -0.2) is 4.79 Å². The highest BCUT2D eigenvalue weighted by Gasteiger charge is 2.19. The lowest BCUT2D eigenvalue weighted by atomic mass is 10.2. The predicted molar refractivity (Wildman–Crippen MR) is 106 cm³/mol. The summed E-state index contributed by atoms with van der Waals surface area (Å²) in [5.41, 5.74) is 6.95. The smallest absolute Gasteiger partial charge is 0.316 e. The zero-order valence-corrected chi connectivity index (χ0v) is 15.6. The number of urea groups is 1. The molecule has 0 aliphatic rings. The van der Waals surface area contributed by atoms with Crippen molar-refractivity contribution in [1.29, 1.82) is 0 Å². The molecule has 28 heavy (non-hydrogen) atoms. The molecular weight excluding hydrogens is 364 g/mol. The monoisotopic (exact) mass is 384 g/mol. The van der Waals surface area contributed by atoms with Crippen molar-refractivity contribution in [3.8, 4) is 17.2 Å². The van der Waals surface area contributed by atoms with E-state index in [0.717, 1.165) is 0 Å². The number of hydrogen-bond acceptors (Lipinski definition) is 5. The summed E-state index contributed by atoms with van der Waals surface area (Å²) in [7, 11) is 4.57. The summed E-state index contributed by atoms with van der Waals surface area (Å²) in [5.74, 6) is 1.10. The quantitative estimate of drug-likeness (QED) is 0.519. The van der Waals surface area contributed by atoms with Crippen LogP contribution < -0.4 is 30.6 Å². The zero-order valence-electron chi connectivity index (χ0n) is 15.6. The molecule has 1 heterocycles. The maximum Gasteiger partial charge on any atom is 0.316 e. The van der Waals surface area contributed by atoms with Gasteiger partial charge < -0.3 is 35.6 Å². The number of fused-ring (bicyclic) bond motifs is 1. The average Bonchev–Trinajstić information content (AvgIpc) is 3.11. The third kappa shape index (κ3) is 3.63. The lowest BCUT2D eigenvalue weighted by Crippen LogP contribution is -2.19. The first-order chi connectivity index (χ1) is 13.5. The van der Waals surface area contributed by atoms with Crippen LogP contribution in [0.5, 0.6) is 17.2 Å². The van der Waals surface area contributed by atoms with E-state index >= 15 is 0 Å². The number of hydrogen-bond donors (Lipinski definition) is 4. The van der Waals surface area contributed by atoms with Crippen LogP contribution in [0.1, 0.15) is 10.5 Å². The maximum absolute atomic E-state index is 12.7. The fourth-order valence-electron chi connectivity index (χ4n) is 2.87. The van der Waals surface area contributed by atoms with E-state index in [-0.39, 0.29) is 5.91 Å². The Kier molecular flexibility index (Phi) is 5.25. The van der Waals surface area contributed by atoms with E-state index in [2.05, 4.69) is 15.6 Å². The van der Waals surface area contributed by atoms with Gasteiger partial charge in [0.1, 0.15) is 11.4 Å². The number of benzene rings is 2. The number of aromatic nitrogens is 1. The van der Waals surface area contributed by atoms with Gasteiger partial charge in [0.05, 0.1) is 26.8 Å². The van der Waals surface area contributed by atoms with Crippen LogP contribution in [0.25, 0.3) is 10.9 Å². The minimum Gasteiger partial charge on any atom is -0.496 e. The van der Waals surface area contributed by atoms with Crippen molar-refractivity contribution in [2.24, 2.45) is 5.73 Å². The number of methoxy groups -OCH3 is 3. The predicted octanol–water partition coefficient (Wildman–Crippen LogP) is 2.94. The Bertz CT molecular complexity index is 1040. The van der Waals surface area contributed by atoms with Crippen LogP contribution in [0.15, 0.2) is 36.4 Å². The SMILES string of the molecule is COc1cc(OC)c2cc(C(=O)Nc3cccc(NC(N)=O)c3)[nH]c2c1OC. The summed E-state index contributed by atoms with van der Waals surface area (Å²) in [5, 5.41) is 5.89. The second kappa shape index (κ2) is 7.78. The molecule has 3 aromatic rings. The molecule has 2 aromatic carbocycles. The Morgan fingerprint density at radius 2 is 1.61 bits per heavy atom. The first-order valence-corrected chi connectivity index (χ1v) is 8.26. The summed E-state index contributed by atoms with van der Waals surface area (Å²) in [6.45, 7) is 0. The second-order valence-corrected chi connectivity index (χ2v) is 5.81. The van der Waals surface area contributed by atoms with Gasteiger partial charge in [0.15, 0.2) is 11.5 Å². The molecule has 146 valence electrons. The van der Waals surface area contributed by atoms with Crippen molar-refractivity contribution >= 4 is 34.2 Å². The van der Waals surface area contributed by atoms with Gasteiger partial charge >= 0.3 is 6.03 Å². The van der Waals surface area contributed by atoms with Crippen molar-refractivity contribution in [2.45, 2.75) is 0 Å². The molecule has 0 bridgehead atoms. The third-order valence-electron chi connectivity index (χ3n) is 4.07. The van der Waals surface area contributed by atoms with Gasteiger partial charge in [-0.2, -0.15) is 0 Å². The molecular formula is C19H20N4O5. The van der Waals surface area contributed by atoms with E-state index in [0.29, 0.717) is 45.2 Å². The van der Waals surface area contributed by atoms with E-state index in [1.165, 1.54) is 21.3 Å². The number of H-pyrrole nitrogens is 1. The van der Waals surface area contributed by atoms with E-state index in [1.807, 2.05) is 0 Å². The second-order valence-electron chi connectivity index (χ2n) is 5.81. The molecule has 0 radical (unpaired) electrons. The van der Waals surface area contributed by atoms with Gasteiger partial charge in [-0.3, -0.25) is 4.79 Å². The summed E-state index contributed by atoms with van der Waals surface area (Å²) in [4.78, 5) is 26.7. The topological polar surface area (TPSA) is 128 Å². The fourth-order valence-corrected chi connectivity index (χ4v) is 2.87. The molecule has 0 aliphatic heterocycles. The number of aromatic amines is 1. The number of carbonyl (C=O) groups is 2. The molecule has 0 fully saturated rings. The molecule has 0 saturated heterocycles. The molecule has 0 saturated carbocycles. The van der Waals surface area contributed by atoms with Crippen LogP contribution in [-0.4, -0.2) is 38.3 Å². The van der Waals surface area contributed by atoms with Crippen molar-refractivity contribution in [3.63, 3.8) is 0 Å². The molecule has 0 atom stereocenters. The lowest BCUT2D eigenvalue weighted by Gasteiger charge is -2.11. The highest BCUT2D eigenvalue weighted by Crippen LogP contribution is 2.41. The Labute approximate surface area is 160 Å². The van der Waals surface area contributed by atoms with Gasteiger partial charge in [0.2, 0.25) is 0 Å². The van der Waals surface area contributed by atoms with Gasteiger partial charge in [-0.05, 0) is 24.3 Å². The number of primary amides is 1. The zero-order chi connectivity index (χ0) is 20.3. The summed E-state index contributed by atoms with van der Waals surface area (Å²) < 4.78 is 16.1. The molecule has 0 aliphatic carbocycles. The Morgan fingerprint density at radius 3 is 2.21 bits per heavy atom. The van der Waals surface area contributed by atoms with Gasteiger partial charge in [-0.15, -0.1) is 0 Å². The fraction of sp³-hybridized carbons (Fsp3) is 0.158. The van der Waals surface area contributed by atoms with E-state index in [1.54, 1.807) is 36.4 Å². The number of nitrogens with one attached hydrogen (secondary N) is 3. The number of anilines is 2. The number of carbonyl (C=O) groups excluding carboxylic acids is 2. The van der Waals surface area contributed by atoms with E-state index in [4.69, 9.17) is 19.9 Å². The number of nitrogens with two attached hydrogens (primary N) is 1. The molecule has 9 nitrogen and oxygen atoms in total. The van der Waals surface area contributed by atoms with Crippen molar-refractivity contribution in [3.05, 3.63) is 42.1 Å². The Morgan fingerprint density at radius 1 is 0.929 bits per heavy atom. The summed E-state index contributed by atoms with van der Waals surface area (Å²) in [6, 6.07) is 9.29. The molecule has 3 amide bonds. The number of rotatable bonds is 6. The average molecular weight is 384 g/mol. The molecule has 0 unspecified atom stereocenters. The highest BCUT2D eigenvalue weighted by atomic mass is 16.5. The van der Waals surface area contributed by atoms with Crippen molar-refractivity contribution in [2.75, 3.05) is 32.0 Å². The van der Waals surface area contributed by atoms with Crippen LogP contribution in [0.4, 0.5) is 16.2 Å². The van der Waals surface area contributed by atoms with Gasteiger partial charge in [0, 0.05) is 22.8 Å². The first kappa shape index (κ1) is 18.9. The highest BCUT2D eigenvalue weighted by molar-refractivity contribution is 6.08. The molecule has 9 heteroatoms. The van der Waals surface area contributed by atoms with Crippen LogP contribution in [0.3, 0.4) is 0 Å². The van der Waals surface area contributed by atoms with Crippen LogP contribution >= 0.6 is 0 Å². The van der Waals surface area contributed by atoms with Gasteiger partial charge in [0.25, 0.3) is 5.91 Å². The first-order valence-electron chi connectivity index (χ1n) is 8.26. The lowest BCUT2D eigenvalue weighted by molar-refractivity contribution is 0.102. The minimum absolute atomic E-state index is 0.299. The van der Waals surface area contributed by atoms with Crippen LogP contribution in [0, 0.1) is 0 Å². The summed E-state index contributed by atoms with van der Waals surface area (Å²) in [6.07, 6.45) is 0. The molecule has 5 N–H and O–H groups in total. The van der Waals surface area contributed by atoms with Crippen LogP contribution in [0.2, 0.25) is 0 Å².